The van der Waals surface area contributed by atoms with Gasteiger partial charge in [0.15, 0.2) is 0 Å². The van der Waals surface area contributed by atoms with Crippen LogP contribution in [0.5, 0.6) is 0 Å². The van der Waals surface area contributed by atoms with Gasteiger partial charge in [-0.25, -0.2) is 0 Å². The van der Waals surface area contributed by atoms with E-state index in [1.165, 1.54) is 0 Å². The fraction of sp³-hybridized carbons (Fsp3) is 0.571. The summed E-state index contributed by atoms with van der Waals surface area (Å²) in [6.45, 7) is 3.00. The quantitative estimate of drug-likeness (QED) is 0.669. The Hall–Kier alpha value is -0.460. The van der Waals surface area contributed by atoms with Gasteiger partial charge in [0.25, 0.3) is 0 Å². The first-order valence-corrected chi connectivity index (χ1v) is 7.21. The highest BCUT2D eigenvalue weighted by molar-refractivity contribution is 9.10. The van der Waals surface area contributed by atoms with Gasteiger partial charge in [-0.1, -0.05) is 28.1 Å². The predicted octanol–water partition coefficient (Wildman–Crippen LogP) is 2.52. The molecule has 0 fully saturated rings. The van der Waals surface area contributed by atoms with Crippen molar-refractivity contribution >= 4 is 15.9 Å². The Morgan fingerprint density at radius 1 is 1.21 bits per heavy atom. The van der Waals surface area contributed by atoms with Crippen LogP contribution in [0, 0.1) is 0 Å². The van der Waals surface area contributed by atoms with Crippen LogP contribution in [0.2, 0.25) is 0 Å². The van der Waals surface area contributed by atoms with E-state index in [1.807, 2.05) is 24.3 Å². The van der Waals surface area contributed by atoms with Crippen molar-refractivity contribution in [2.75, 3.05) is 40.1 Å². The third-order valence-electron chi connectivity index (χ3n) is 2.62. The van der Waals surface area contributed by atoms with Crippen LogP contribution >= 0.6 is 15.9 Å². The zero-order valence-corrected chi connectivity index (χ0v) is 12.9. The van der Waals surface area contributed by atoms with E-state index in [0.29, 0.717) is 26.4 Å². The highest BCUT2D eigenvalue weighted by Crippen LogP contribution is 2.20. The van der Waals surface area contributed by atoms with E-state index in [4.69, 9.17) is 19.9 Å². The molecule has 4 nitrogen and oxygen atoms in total. The molecule has 0 aliphatic carbocycles. The Morgan fingerprint density at radius 3 is 2.74 bits per heavy atom. The molecule has 1 unspecified atom stereocenters. The average Bonchev–Trinajstić information content (AvgIpc) is 2.42. The van der Waals surface area contributed by atoms with E-state index in [-0.39, 0.29) is 6.10 Å². The van der Waals surface area contributed by atoms with Crippen LogP contribution in [0.25, 0.3) is 0 Å². The smallest absolute Gasteiger partial charge is 0.0948 e. The largest absolute Gasteiger partial charge is 0.385 e. The van der Waals surface area contributed by atoms with Crippen molar-refractivity contribution in [3.63, 3.8) is 0 Å². The lowest BCUT2D eigenvalue weighted by atomic mass is 10.1. The van der Waals surface area contributed by atoms with Crippen molar-refractivity contribution in [2.45, 2.75) is 12.5 Å². The number of rotatable bonds is 10. The molecule has 1 aromatic rings. The van der Waals surface area contributed by atoms with Crippen LogP contribution in [0.15, 0.2) is 28.7 Å². The molecule has 1 aromatic carbocycles. The second-order valence-corrected chi connectivity index (χ2v) is 5.02. The van der Waals surface area contributed by atoms with E-state index in [0.717, 1.165) is 23.1 Å². The molecule has 5 heteroatoms. The number of ether oxygens (including phenoxy) is 3. The zero-order chi connectivity index (χ0) is 13.9. The monoisotopic (exact) mass is 331 g/mol. The summed E-state index contributed by atoms with van der Waals surface area (Å²) in [5.74, 6) is 0. The Balaban J connectivity index is 2.22. The predicted molar refractivity (Wildman–Crippen MR) is 79.2 cm³/mol. The molecule has 0 radical (unpaired) electrons. The van der Waals surface area contributed by atoms with Crippen LogP contribution in [-0.2, 0) is 14.2 Å². The van der Waals surface area contributed by atoms with Gasteiger partial charge in [-0.15, -0.1) is 0 Å². The summed E-state index contributed by atoms with van der Waals surface area (Å²) in [5, 5.41) is 0. The minimum Gasteiger partial charge on any atom is -0.385 e. The number of nitrogens with two attached hydrogens (primary N) is 1. The molecule has 0 aliphatic rings. The average molecular weight is 332 g/mol. The molecular formula is C14H22BrNO3. The Labute approximate surface area is 123 Å². The minimum absolute atomic E-state index is 0.0833. The Bertz CT molecular complexity index is 349. The molecule has 1 rings (SSSR count). The number of hydrogen-bond acceptors (Lipinski definition) is 4. The van der Waals surface area contributed by atoms with E-state index in [9.17, 15) is 0 Å². The van der Waals surface area contributed by atoms with E-state index < -0.39 is 0 Å². The summed E-state index contributed by atoms with van der Waals surface area (Å²) in [6, 6.07) is 8.00. The van der Waals surface area contributed by atoms with Crippen LogP contribution in [0.4, 0.5) is 0 Å². The molecular weight excluding hydrogens is 310 g/mol. The summed E-state index contributed by atoms with van der Waals surface area (Å²) < 4.78 is 17.1. The van der Waals surface area contributed by atoms with Gasteiger partial charge in [0, 0.05) is 31.3 Å². The molecule has 2 N–H and O–H groups in total. The second kappa shape index (κ2) is 10.3. The highest BCUT2D eigenvalue weighted by atomic mass is 79.9. The van der Waals surface area contributed by atoms with Gasteiger partial charge >= 0.3 is 0 Å². The van der Waals surface area contributed by atoms with Gasteiger partial charge < -0.3 is 19.9 Å². The fourth-order valence-corrected chi connectivity index (χ4v) is 2.08. The topological polar surface area (TPSA) is 53.7 Å². The normalized spacial score (nSPS) is 12.6. The van der Waals surface area contributed by atoms with Crippen LogP contribution in [-0.4, -0.2) is 40.1 Å². The summed E-state index contributed by atoms with van der Waals surface area (Å²) in [4.78, 5) is 0. The van der Waals surface area contributed by atoms with Crippen molar-refractivity contribution in [1.82, 2.24) is 0 Å². The minimum atomic E-state index is -0.0833. The van der Waals surface area contributed by atoms with Gasteiger partial charge in [-0.3, -0.25) is 0 Å². The lowest BCUT2D eigenvalue weighted by molar-refractivity contribution is 0.00387. The number of benzene rings is 1. The van der Waals surface area contributed by atoms with E-state index in [2.05, 4.69) is 15.9 Å². The highest BCUT2D eigenvalue weighted by Gasteiger charge is 2.09. The first kappa shape index (κ1) is 16.6. The summed E-state index contributed by atoms with van der Waals surface area (Å²) in [7, 11) is 1.69. The maximum atomic E-state index is 5.74. The number of halogens is 1. The fourth-order valence-electron chi connectivity index (χ4n) is 1.66. The molecule has 0 saturated heterocycles. The molecule has 19 heavy (non-hydrogen) atoms. The van der Waals surface area contributed by atoms with Gasteiger partial charge in [0.1, 0.15) is 0 Å². The standard InChI is InChI=1S/C14H22BrNO3/c1-17-6-3-7-18-8-9-19-14(11-16)12-4-2-5-13(15)10-12/h2,4-5,10,14H,3,6-9,11,16H2,1H3. The summed E-state index contributed by atoms with van der Waals surface area (Å²) in [6.07, 6.45) is 0.822. The van der Waals surface area contributed by atoms with Crippen molar-refractivity contribution < 1.29 is 14.2 Å². The Kier molecular flexibility index (Phi) is 9.03. The lowest BCUT2D eigenvalue weighted by Gasteiger charge is -2.16. The van der Waals surface area contributed by atoms with Crippen molar-refractivity contribution in [2.24, 2.45) is 5.73 Å². The van der Waals surface area contributed by atoms with Gasteiger partial charge in [-0.2, -0.15) is 0 Å². The van der Waals surface area contributed by atoms with Gasteiger partial charge in [0.05, 0.1) is 19.3 Å². The number of hydrogen-bond donors (Lipinski definition) is 1. The van der Waals surface area contributed by atoms with Gasteiger partial charge in [0.2, 0.25) is 0 Å². The van der Waals surface area contributed by atoms with E-state index in [1.54, 1.807) is 7.11 Å². The molecule has 0 spiro atoms. The maximum Gasteiger partial charge on any atom is 0.0948 e. The maximum absolute atomic E-state index is 5.74. The van der Waals surface area contributed by atoms with Crippen LogP contribution in [0.3, 0.4) is 0 Å². The first-order valence-electron chi connectivity index (χ1n) is 6.41. The zero-order valence-electron chi connectivity index (χ0n) is 11.3. The van der Waals surface area contributed by atoms with E-state index >= 15 is 0 Å². The van der Waals surface area contributed by atoms with Crippen LogP contribution < -0.4 is 5.73 Å². The lowest BCUT2D eigenvalue weighted by Crippen LogP contribution is -2.18. The molecule has 0 heterocycles. The molecule has 0 bridgehead atoms. The Morgan fingerprint density at radius 2 is 2.05 bits per heavy atom. The molecule has 0 aromatic heterocycles. The molecule has 0 aliphatic heterocycles. The molecule has 1 atom stereocenters. The van der Waals surface area contributed by atoms with Crippen molar-refractivity contribution in [1.29, 1.82) is 0 Å². The van der Waals surface area contributed by atoms with Crippen molar-refractivity contribution in [3.05, 3.63) is 34.3 Å². The molecule has 0 saturated carbocycles. The third-order valence-corrected chi connectivity index (χ3v) is 3.11. The third kappa shape index (κ3) is 7.03. The first-order chi connectivity index (χ1) is 9.27. The summed E-state index contributed by atoms with van der Waals surface area (Å²) >= 11 is 3.44. The summed E-state index contributed by atoms with van der Waals surface area (Å²) in [5.41, 5.74) is 6.82. The second-order valence-electron chi connectivity index (χ2n) is 4.11. The molecule has 108 valence electrons. The van der Waals surface area contributed by atoms with Crippen molar-refractivity contribution in [3.8, 4) is 0 Å². The van der Waals surface area contributed by atoms with Crippen LogP contribution in [0.1, 0.15) is 18.1 Å². The number of methoxy groups -OCH3 is 1. The van der Waals surface area contributed by atoms with Gasteiger partial charge in [-0.05, 0) is 24.1 Å². The molecule has 0 amide bonds. The SMILES string of the molecule is COCCCOCCOC(CN)c1cccc(Br)c1.